The average Bonchev–Trinajstić information content (AvgIpc) is 3.90. The SMILES string of the molecule is Cn1[c-]nc(-c2coc3cc4c([c-]c23)=C(n2[c-][n+](C)cc2)CC=4)c1.Cn1[c-]nc(-c2coc3cc4coc(-n5[c-][n+](C)cc5)c4[c-]c23)c1.[Pt].[Pt]. The van der Waals surface area contributed by atoms with Crippen molar-refractivity contribution in [3.8, 4) is 28.4 Å². The average molecular weight is 1020 g/mol. The van der Waals surface area contributed by atoms with Gasteiger partial charge in [-0.2, -0.15) is 0 Å². The molecule has 10 rings (SSSR count). The first-order valence-corrected chi connectivity index (χ1v) is 15.2. The zero-order valence-electron chi connectivity index (χ0n) is 27.1. The largest absolute Gasteiger partial charge is 0.508 e. The number of aromatic nitrogens is 8. The molecule has 0 unspecified atom stereocenters. The third-order valence-corrected chi connectivity index (χ3v) is 8.36. The zero-order chi connectivity index (χ0) is 32.5. The van der Waals surface area contributed by atoms with E-state index in [1.165, 1.54) is 5.70 Å². The maximum atomic E-state index is 5.74. The van der Waals surface area contributed by atoms with Gasteiger partial charge in [0.25, 0.3) is 0 Å². The maximum Gasteiger partial charge on any atom is 0.247 e. The van der Waals surface area contributed by atoms with Gasteiger partial charge in [-0.25, -0.2) is 0 Å². The minimum atomic E-state index is 0. The maximum absolute atomic E-state index is 5.74. The molecule has 0 amide bonds. The number of rotatable bonds is 4. The molecule has 50 heavy (non-hydrogen) atoms. The van der Waals surface area contributed by atoms with Crippen LogP contribution in [0, 0.1) is 37.4 Å². The molecule has 0 N–H and O–H groups in total. The molecule has 0 spiro atoms. The molecule has 0 atom stereocenters. The topological polar surface area (TPSA) is 92.7 Å². The summed E-state index contributed by atoms with van der Waals surface area (Å²) in [5.74, 6) is 0.673. The summed E-state index contributed by atoms with van der Waals surface area (Å²) in [6.45, 7) is 0. The van der Waals surface area contributed by atoms with Crippen molar-refractivity contribution in [2.75, 3.05) is 0 Å². The van der Waals surface area contributed by atoms with Crippen molar-refractivity contribution in [3.05, 3.63) is 116 Å². The van der Waals surface area contributed by atoms with Gasteiger partial charge in [-0.05, 0) is 31.3 Å². The van der Waals surface area contributed by atoms with Crippen molar-refractivity contribution in [1.82, 2.24) is 28.2 Å². The van der Waals surface area contributed by atoms with E-state index in [1.807, 2.05) is 89.7 Å². The monoisotopic (exact) mass is 1020 g/mol. The first-order valence-electron chi connectivity index (χ1n) is 15.2. The van der Waals surface area contributed by atoms with Crippen LogP contribution in [0.2, 0.25) is 0 Å². The Hall–Kier alpha value is -4.98. The Bertz CT molecular complexity index is 2700. The standard InChI is InChI=1S/C19H14N4O.C18H12N4O2.2Pt/c1-21-5-6-23(12-21)18-4-3-13-7-19-15(8-14(13)18)16(10-24-19)17-9-22(2)11-20-17;1-20-3-4-22(11-20)18-13-6-14-15(16-7-21(2)10-19-16)9-23-17(14)5-12(13)8-24-18;;/h3,5-7,9-10H,4H2,1-2H3;3-5,7-9H,1-2H3;;/q2*-2;;. The normalized spacial score (nSPS) is 12.1. The van der Waals surface area contributed by atoms with Crippen molar-refractivity contribution in [2.45, 2.75) is 6.42 Å². The van der Waals surface area contributed by atoms with E-state index >= 15 is 0 Å². The second-order valence-electron chi connectivity index (χ2n) is 11.8. The Balaban J connectivity index is 0.000000151. The van der Waals surface area contributed by atoms with E-state index < -0.39 is 0 Å². The zero-order valence-corrected chi connectivity index (χ0v) is 31.6. The van der Waals surface area contributed by atoms with Crippen LogP contribution >= 0.6 is 0 Å². The molecule has 0 radical (unpaired) electrons. The van der Waals surface area contributed by atoms with Gasteiger partial charge < -0.3 is 46.1 Å². The number of furan rings is 3. The molecule has 0 aliphatic heterocycles. The Morgan fingerprint density at radius 2 is 1.32 bits per heavy atom. The molecule has 1 aliphatic rings. The summed E-state index contributed by atoms with van der Waals surface area (Å²) >= 11 is 0. The molecule has 9 aromatic rings. The van der Waals surface area contributed by atoms with E-state index in [2.05, 4.69) is 59.6 Å². The molecule has 0 saturated carbocycles. The molecular formula is C37H26N8O3Pt2-4. The summed E-state index contributed by atoms with van der Waals surface area (Å²) in [5.41, 5.74) is 6.22. The van der Waals surface area contributed by atoms with Gasteiger partial charge >= 0.3 is 0 Å². The third kappa shape index (κ3) is 5.74. The molecule has 11 nitrogen and oxygen atoms in total. The fourth-order valence-corrected chi connectivity index (χ4v) is 6.04. The van der Waals surface area contributed by atoms with Crippen molar-refractivity contribution < 1.29 is 64.5 Å². The summed E-state index contributed by atoms with van der Waals surface area (Å²) in [6, 6.07) is 11.0. The molecule has 0 bridgehead atoms. The summed E-state index contributed by atoms with van der Waals surface area (Å²) < 4.78 is 28.3. The van der Waals surface area contributed by atoms with Crippen LogP contribution in [0.4, 0.5) is 0 Å². The van der Waals surface area contributed by atoms with E-state index in [9.17, 15) is 0 Å². The minimum Gasteiger partial charge on any atom is -0.508 e. The fraction of sp³-hybridized carbons (Fsp3) is 0.135. The van der Waals surface area contributed by atoms with Crippen LogP contribution in [0.5, 0.6) is 0 Å². The molecule has 2 aromatic carbocycles. The van der Waals surface area contributed by atoms with Gasteiger partial charge in [0, 0.05) is 97.8 Å². The van der Waals surface area contributed by atoms with Gasteiger partial charge in [0.05, 0.1) is 31.5 Å². The predicted octanol–water partition coefficient (Wildman–Crippen LogP) is 3.29. The van der Waals surface area contributed by atoms with Gasteiger partial charge in [0.2, 0.25) is 18.5 Å². The number of benzene rings is 2. The number of nitrogens with zero attached hydrogens (tertiary/aromatic N) is 8. The van der Waals surface area contributed by atoms with Gasteiger partial charge in [-0.15, -0.1) is 30.6 Å². The molecule has 0 saturated heterocycles. The molecule has 13 heteroatoms. The van der Waals surface area contributed by atoms with E-state index in [-0.39, 0.29) is 42.1 Å². The summed E-state index contributed by atoms with van der Waals surface area (Å²) in [6.07, 6.45) is 32.0. The quantitative estimate of drug-likeness (QED) is 0.200. The Morgan fingerprint density at radius 1 is 0.720 bits per heavy atom. The summed E-state index contributed by atoms with van der Waals surface area (Å²) in [7, 11) is 7.67. The number of aryl methyl sites for hydroxylation is 4. The number of fused-ring (bicyclic) bond motifs is 4. The van der Waals surface area contributed by atoms with Crippen LogP contribution in [-0.2, 0) is 70.3 Å². The van der Waals surface area contributed by atoms with E-state index in [4.69, 9.17) is 13.3 Å². The first-order chi connectivity index (χ1) is 23.4. The Kier molecular flexibility index (Phi) is 8.74. The van der Waals surface area contributed by atoms with Crippen molar-refractivity contribution >= 4 is 44.5 Å². The van der Waals surface area contributed by atoms with Crippen LogP contribution in [0.1, 0.15) is 6.42 Å². The number of imidazole rings is 4. The Morgan fingerprint density at radius 3 is 1.90 bits per heavy atom. The summed E-state index contributed by atoms with van der Waals surface area (Å²) in [5, 5.41) is 5.86. The molecule has 7 aromatic heterocycles. The van der Waals surface area contributed by atoms with E-state index in [0.29, 0.717) is 5.88 Å². The van der Waals surface area contributed by atoms with Crippen molar-refractivity contribution in [2.24, 2.45) is 28.2 Å². The van der Waals surface area contributed by atoms with E-state index in [0.717, 1.165) is 72.1 Å². The predicted molar refractivity (Wildman–Crippen MR) is 173 cm³/mol. The molecule has 0 fully saturated rings. The first kappa shape index (κ1) is 33.5. The van der Waals surface area contributed by atoms with E-state index in [1.54, 1.807) is 27.9 Å². The third-order valence-electron chi connectivity index (χ3n) is 8.36. The number of hydrogen-bond donors (Lipinski definition) is 0. The molecule has 1 aliphatic carbocycles. The van der Waals surface area contributed by atoms with Crippen LogP contribution in [0.3, 0.4) is 0 Å². The fourth-order valence-electron chi connectivity index (χ4n) is 6.04. The Labute approximate surface area is 314 Å². The smallest absolute Gasteiger partial charge is 0.247 e. The summed E-state index contributed by atoms with van der Waals surface area (Å²) in [4.78, 5) is 8.59. The second kappa shape index (κ2) is 13.0. The van der Waals surface area contributed by atoms with Crippen LogP contribution in [0.25, 0.3) is 72.9 Å². The minimum absolute atomic E-state index is 0. The van der Waals surface area contributed by atoms with Crippen LogP contribution < -0.4 is 19.6 Å². The molecule has 7 heterocycles. The van der Waals surface area contributed by atoms with Crippen LogP contribution in [-0.4, -0.2) is 28.2 Å². The van der Waals surface area contributed by atoms with Gasteiger partial charge in [-0.1, -0.05) is 55.9 Å². The molecule has 256 valence electrons. The molecular weight excluding hydrogens is 995 g/mol. The van der Waals surface area contributed by atoms with Crippen molar-refractivity contribution in [3.63, 3.8) is 0 Å². The number of hydrogen-bond acceptors (Lipinski definition) is 5. The van der Waals surface area contributed by atoms with Gasteiger partial charge in [-0.3, -0.25) is 4.57 Å². The van der Waals surface area contributed by atoms with Crippen molar-refractivity contribution in [1.29, 1.82) is 0 Å². The van der Waals surface area contributed by atoms with Crippen LogP contribution in [0.15, 0.2) is 81.4 Å². The van der Waals surface area contributed by atoms with Gasteiger partial charge in [0.15, 0.2) is 0 Å². The van der Waals surface area contributed by atoms with Gasteiger partial charge in [0.1, 0.15) is 0 Å². The second-order valence-corrected chi connectivity index (χ2v) is 11.8.